The quantitative estimate of drug-likeness (QED) is 0.765. The summed E-state index contributed by atoms with van der Waals surface area (Å²) in [6.07, 6.45) is 0. The Labute approximate surface area is 104 Å². The van der Waals surface area contributed by atoms with Crippen LogP contribution in [0.1, 0.15) is 21.6 Å². The van der Waals surface area contributed by atoms with Crippen LogP contribution >= 0.6 is 11.3 Å². The van der Waals surface area contributed by atoms with E-state index in [2.05, 4.69) is 27.9 Å². The van der Waals surface area contributed by atoms with Crippen LogP contribution in [0.3, 0.4) is 0 Å². The molecule has 0 atom stereocenters. The van der Waals surface area contributed by atoms with E-state index in [9.17, 15) is 4.79 Å². The Morgan fingerprint density at radius 3 is 2.47 bits per heavy atom. The highest BCUT2D eigenvalue weighted by Gasteiger charge is 2.12. The zero-order chi connectivity index (χ0) is 12.4. The molecule has 1 aromatic heterocycles. The lowest BCUT2D eigenvalue weighted by Crippen LogP contribution is -2.00. The minimum Gasteiger partial charge on any atom is -0.464 e. The van der Waals surface area contributed by atoms with E-state index in [0.717, 1.165) is 10.6 Å². The van der Waals surface area contributed by atoms with Gasteiger partial charge in [-0.1, -0.05) is 17.2 Å². The zero-order valence-electron chi connectivity index (χ0n) is 9.98. The number of benzene rings is 1. The summed E-state index contributed by atoms with van der Waals surface area (Å²) in [5.74, 6) is -0.392. The SMILES string of the molecule is COC(=O)c1csc(-c2cc(C)cc(C)c2)n1. The second-order valence-electron chi connectivity index (χ2n) is 3.91. The number of nitrogens with zero attached hydrogens (tertiary/aromatic N) is 1. The first-order valence-corrected chi connectivity index (χ1v) is 6.10. The molecule has 0 amide bonds. The van der Waals surface area contributed by atoms with Gasteiger partial charge in [0.2, 0.25) is 0 Å². The second-order valence-corrected chi connectivity index (χ2v) is 4.76. The lowest BCUT2D eigenvalue weighted by Gasteiger charge is -2.01. The van der Waals surface area contributed by atoms with Crippen molar-refractivity contribution < 1.29 is 9.53 Å². The Kier molecular flexibility index (Phi) is 3.24. The van der Waals surface area contributed by atoms with Crippen molar-refractivity contribution in [1.29, 1.82) is 0 Å². The standard InChI is InChI=1S/C13H13NO2S/c1-8-4-9(2)6-10(5-8)12-14-11(7-17-12)13(15)16-3/h4-7H,1-3H3. The maximum Gasteiger partial charge on any atom is 0.357 e. The predicted molar refractivity (Wildman–Crippen MR) is 68.4 cm³/mol. The fourth-order valence-electron chi connectivity index (χ4n) is 1.70. The third-order valence-corrected chi connectivity index (χ3v) is 3.26. The molecule has 0 N–H and O–H groups in total. The summed E-state index contributed by atoms with van der Waals surface area (Å²) in [6.45, 7) is 4.09. The first kappa shape index (κ1) is 11.8. The van der Waals surface area contributed by atoms with Crippen LogP contribution in [-0.2, 0) is 4.74 Å². The number of esters is 1. The molecule has 4 heteroatoms. The predicted octanol–water partition coefficient (Wildman–Crippen LogP) is 3.21. The van der Waals surface area contributed by atoms with Crippen LogP contribution in [-0.4, -0.2) is 18.1 Å². The lowest BCUT2D eigenvalue weighted by molar-refractivity contribution is 0.0595. The molecule has 1 heterocycles. The van der Waals surface area contributed by atoms with Gasteiger partial charge in [0, 0.05) is 10.9 Å². The first-order chi connectivity index (χ1) is 8.10. The number of ether oxygens (including phenoxy) is 1. The molecule has 17 heavy (non-hydrogen) atoms. The summed E-state index contributed by atoms with van der Waals surface area (Å²) in [7, 11) is 1.36. The smallest absolute Gasteiger partial charge is 0.357 e. The largest absolute Gasteiger partial charge is 0.464 e. The molecule has 2 aromatic rings. The van der Waals surface area contributed by atoms with Crippen molar-refractivity contribution in [1.82, 2.24) is 4.98 Å². The molecule has 3 nitrogen and oxygen atoms in total. The number of thiazole rings is 1. The van der Waals surface area contributed by atoms with Gasteiger partial charge in [-0.15, -0.1) is 11.3 Å². The van der Waals surface area contributed by atoms with Crippen LogP contribution in [0.15, 0.2) is 23.6 Å². The van der Waals surface area contributed by atoms with Crippen LogP contribution in [0.2, 0.25) is 0 Å². The molecule has 0 radical (unpaired) electrons. The minimum absolute atomic E-state index is 0.367. The van der Waals surface area contributed by atoms with Crippen molar-refractivity contribution in [3.05, 3.63) is 40.4 Å². The number of carbonyl (C=O) groups excluding carboxylic acids is 1. The average Bonchev–Trinajstić information content (AvgIpc) is 2.76. The highest BCUT2D eigenvalue weighted by atomic mass is 32.1. The van der Waals surface area contributed by atoms with Gasteiger partial charge >= 0.3 is 5.97 Å². The van der Waals surface area contributed by atoms with E-state index in [1.807, 2.05) is 13.8 Å². The number of rotatable bonds is 2. The number of methoxy groups -OCH3 is 1. The number of aryl methyl sites for hydroxylation is 2. The highest BCUT2D eigenvalue weighted by Crippen LogP contribution is 2.25. The number of hydrogen-bond acceptors (Lipinski definition) is 4. The molecular weight excluding hydrogens is 234 g/mol. The molecule has 0 aliphatic heterocycles. The van der Waals surface area contributed by atoms with Crippen LogP contribution < -0.4 is 0 Å². The monoisotopic (exact) mass is 247 g/mol. The Bertz CT molecular complexity index is 540. The van der Waals surface area contributed by atoms with Gasteiger partial charge in [-0.25, -0.2) is 9.78 Å². The van der Waals surface area contributed by atoms with E-state index >= 15 is 0 Å². The molecule has 0 spiro atoms. The van der Waals surface area contributed by atoms with Crippen molar-refractivity contribution >= 4 is 17.3 Å². The summed E-state index contributed by atoms with van der Waals surface area (Å²) in [5, 5.41) is 2.57. The number of aromatic nitrogens is 1. The summed E-state index contributed by atoms with van der Waals surface area (Å²) < 4.78 is 4.64. The molecular formula is C13H13NO2S. The van der Waals surface area contributed by atoms with Gasteiger partial charge in [0.25, 0.3) is 0 Å². The topological polar surface area (TPSA) is 39.2 Å². The number of carbonyl (C=O) groups is 1. The first-order valence-electron chi connectivity index (χ1n) is 5.22. The molecule has 88 valence electrons. The van der Waals surface area contributed by atoms with Crippen LogP contribution in [0, 0.1) is 13.8 Å². The summed E-state index contributed by atoms with van der Waals surface area (Å²) in [4.78, 5) is 15.6. The van der Waals surface area contributed by atoms with Crippen LogP contribution in [0.25, 0.3) is 10.6 Å². The number of hydrogen-bond donors (Lipinski definition) is 0. The Hall–Kier alpha value is -1.68. The van der Waals surface area contributed by atoms with Crippen LogP contribution in [0.5, 0.6) is 0 Å². The van der Waals surface area contributed by atoms with E-state index in [1.165, 1.54) is 29.6 Å². The molecule has 0 aliphatic carbocycles. The van der Waals surface area contributed by atoms with Crippen LogP contribution in [0.4, 0.5) is 0 Å². The summed E-state index contributed by atoms with van der Waals surface area (Å²) in [5.41, 5.74) is 3.79. The van der Waals surface area contributed by atoms with Crippen molar-refractivity contribution in [3.8, 4) is 10.6 Å². The molecule has 1 aromatic carbocycles. The second kappa shape index (κ2) is 4.67. The molecule has 0 aliphatic rings. The third kappa shape index (κ3) is 2.53. The minimum atomic E-state index is -0.392. The maximum atomic E-state index is 11.3. The van der Waals surface area contributed by atoms with E-state index < -0.39 is 5.97 Å². The average molecular weight is 247 g/mol. The van der Waals surface area contributed by atoms with Gasteiger partial charge in [-0.05, 0) is 26.0 Å². The van der Waals surface area contributed by atoms with Gasteiger partial charge in [0.1, 0.15) is 5.01 Å². The third-order valence-electron chi connectivity index (χ3n) is 2.37. The molecule has 0 bridgehead atoms. The highest BCUT2D eigenvalue weighted by molar-refractivity contribution is 7.13. The lowest BCUT2D eigenvalue weighted by atomic mass is 10.1. The molecule has 2 rings (SSSR count). The fraction of sp³-hybridized carbons (Fsp3) is 0.231. The Balaban J connectivity index is 2.40. The van der Waals surface area contributed by atoms with Crippen molar-refractivity contribution in [2.45, 2.75) is 13.8 Å². The van der Waals surface area contributed by atoms with Crippen molar-refractivity contribution in [3.63, 3.8) is 0 Å². The van der Waals surface area contributed by atoms with Gasteiger partial charge < -0.3 is 4.74 Å². The fourth-order valence-corrected chi connectivity index (χ4v) is 2.48. The van der Waals surface area contributed by atoms with E-state index in [0.29, 0.717) is 5.69 Å². The molecule has 0 unspecified atom stereocenters. The van der Waals surface area contributed by atoms with Gasteiger partial charge in [-0.3, -0.25) is 0 Å². The van der Waals surface area contributed by atoms with E-state index in [4.69, 9.17) is 0 Å². The van der Waals surface area contributed by atoms with Gasteiger partial charge in [0.15, 0.2) is 5.69 Å². The summed E-state index contributed by atoms with van der Waals surface area (Å²) >= 11 is 1.45. The van der Waals surface area contributed by atoms with Crippen molar-refractivity contribution in [2.75, 3.05) is 7.11 Å². The Morgan fingerprint density at radius 1 is 1.24 bits per heavy atom. The van der Waals surface area contributed by atoms with Gasteiger partial charge in [-0.2, -0.15) is 0 Å². The van der Waals surface area contributed by atoms with E-state index in [1.54, 1.807) is 5.38 Å². The van der Waals surface area contributed by atoms with Gasteiger partial charge in [0.05, 0.1) is 7.11 Å². The van der Waals surface area contributed by atoms with Crippen molar-refractivity contribution in [2.24, 2.45) is 0 Å². The zero-order valence-corrected chi connectivity index (χ0v) is 10.8. The normalized spacial score (nSPS) is 10.3. The Morgan fingerprint density at radius 2 is 1.88 bits per heavy atom. The van der Waals surface area contributed by atoms with E-state index in [-0.39, 0.29) is 0 Å². The molecule has 0 saturated heterocycles. The molecule has 0 fully saturated rings. The maximum absolute atomic E-state index is 11.3. The molecule has 0 saturated carbocycles. The summed E-state index contributed by atoms with van der Waals surface area (Å²) in [6, 6.07) is 6.23.